The lowest BCUT2D eigenvalue weighted by Crippen LogP contribution is -2.27. The molecule has 0 atom stereocenters. The summed E-state index contributed by atoms with van der Waals surface area (Å²) in [6.45, 7) is -2.74. The molecule has 0 saturated heterocycles. The molecule has 13 heavy (non-hydrogen) atoms. The Labute approximate surface area is 74.7 Å². The average Bonchev–Trinajstić information content (AvgIpc) is 2.04. The minimum atomic E-state index is -2.74. The number of rotatable bonds is 3. The molecule has 1 rings (SSSR count). The number of carbonyl (C=O) groups is 1. The predicted molar refractivity (Wildman–Crippen MR) is 40.5 cm³/mol. The standard InChI is InChI=1S/C8H12F2O3/c9-8(10)13-6-3-1-5(2-4-6)7(11)12/h5-6,8H,1-4H2,(H,11,12)/t5-,6-. The van der Waals surface area contributed by atoms with E-state index in [4.69, 9.17) is 5.11 Å². The van der Waals surface area contributed by atoms with Crippen LogP contribution in [0.1, 0.15) is 25.7 Å². The van der Waals surface area contributed by atoms with Crippen LogP contribution in [0.3, 0.4) is 0 Å². The van der Waals surface area contributed by atoms with Crippen molar-refractivity contribution in [1.82, 2.24) is 0 Å². The second-order valence-electron chi connectivity index (χ2n) is 3.21. The van der Waals surface area contributed by atoms with Crippen molar-refractivity contribution in [3.05, 3.63) is 0 Å². The normalized spacial score (nSPS) is 29.2. The molecule has 0 aromatic carbocycles. The van der Waals surface area contributed by atoms with E-state index in [-0.39, 0.29) is 5.92 Å². The fraction of sp³-hybridized carbons (Fsp3) is 0.875. The summed E-state index contributed by atoms with van der Waals surface area (Å²) in [5.74, 6) is -1.21. The van der Waals surface area contributed by atoms with E-state index in [1.807, 2.05) is 0 Å². The number of carboxylic acid groups (broad SMARTS) is 1. The number of carboxylic acids is 1. The first-order chi connectivity index (χ1) is 6.09. The zero-order valence-corrected chi connectivity index (χ0v) is 7.08. The van der Waals surface area contributed by atoms with Gasteiger partial charge in [0.05, 0.1) is 12.0 Å². The third-order valence-electron chi connectivity index (χ3n) is 2.32. The first-order valence-electron chi connectivity index (χ1n) is 4.26. The van der Waals surface area contributed by atoms with Crippen molar-refractivity contribution < 1.29 is 23.4 Å². The predicted octanol–water partition coefficient (Wildman–Crippen LogP) is 1.87. The molecule has 0 unspecified atom stereocenters. The van der Waals surface area contributed by atoms with Gasteiger partial charge in [-0.15, -0.1) is 0 Å². The Balaban J connectivity index is 2.26. The number of halogens is 2. The molecule has 0 spiro atoms. The van der Waals surface area contributed by atoms with Gasteiger partial charge in [-0.2, -0.15) is 8.78 Å². The highest BCUT2D eigenvalue weighted by atomic mass is 19.3. The molecular weight excluding hydrogens is 182 g/mol. The summed E-state index contributed by atoms with van der Waals surface area (Å²) in [4.78, 5) is 10.5. The fourth-order valence-corrected chi connectivity index (χ4v) is 1.59. The molecule has 1 aliphatic rings. The van der Waals surface area contributed by atoms with Gasteiger partial charge >= 0.3 is 12.6 Å². The highest BCUT2D eigenvalue weighted by Crippen LogP contribution is 2.27. The lowest BCUT2D eigenvalue weighted by atomic mass is 9.87. The van der Waals surface area contributed by atoms with Crippen molar-refractivity contribution in [2.75, 3.05) is 0 Å². The van der Waals surface area contributed by atoms with E-state index in [9.17, 15) is 13.6 Å². The molecule has 1 saturated carbocycles. The van der Waals surface area contributed by atoms with Gasteiger partial charge in [-0.1, -0.05) is 0 Å². The highest BCUT2D eigenvalue weighted by molar-refractivity contribution is 5.69. The lowest BCUT2D eigenvalue weighted by molar-refractivity contribution is -0.173. The Morgan fingerprint density at radius 3 is 2.23 bits per heavy atom. The Bertz CT molecular complexity index is 176. The van der Waals surface area contributed by atoms with Crippen molar-refractivity contribution in [3.8, 4) is 0 Å². The molecule has 0 aromatic rings. The maximum atomic E-state index is 11.7. The lowest BCUT2D eigenvalue weighted by Gasteiger charge is -2.25. The van der Waals surface area contributed by atoms with E-state index in [0.29, 0.717) is 25.7 Å². The SMILES string of the molecule is O=C(O)[C@H]1CC[C@H](OC(F)F)CC1. The quantitative estimate of drug-likeness (QED) is 0.746. The van der Waals surface area contributed by atoms with Crippen LogP contribution in [0.15, 0.2) is 0 Å². The Morgan fingerprint density at radius 1 is 1.31 bits per heavy atom. The van der Waals surface area contributed by atoms with Crippen molar-refractivity contribution in [1.29, 1.82) is 0 Å². The Kier molecular flexibility index (Phi) is 3.59. The third-order valence-corrected chi connectivity index (χ3v) is 2.32. The van der Waals surface area contributed by atoms with Crippen LogP contribution in [-0.4, -0.2) is 23.8 Å². The Hall–Kier alpha value is -0.710. The van der Waals surface area contributed by atoms with Gasteiger partial charge in [-0.3, -0.25) is 4.79 Å². The maximum absolute atomic E-state index is 11.7. The van der Waals surface area contributed by atoms with Crippen LogP contribution in [0, 0.1) is 5.92 Å². The van der Waals surface area contributed by atoms with Crippen molar-refractivity contribution in [2.24, 2.45) is 5.92 Å². The van der Waals surface area contributed by atoms with E-state index < -0.39 is 18.7 Å². The molecule has 0 bridgehead atoms. The zero-order chi connectivity index (χ0) is 9.84. The van der Waals surface area contributed by atoms with Crippen LogP contribution < -0.4 is 0 Å². The van der Waals surface area contributed by atoms with E-state index in [1.165, 1.54) is 0 Å². The zero-order valence-electron chi connectivity index (χ0n) is 7.08. The van der Waals surface area contributed by atoms with E-state index in [2.05, 4.69) is 4.74 Å². The van der Waals surface area contributed by atoms with Crippen molar-refractivity contribution >= 4 is 5.97 Å². The smallest absolute Gasteiger partial charge is 0.345 e. The molecule has 3 nitrogen and oxygen atoms in total. The fourth-order valence-electron chi connectivity index (χ4n) is 1.59. The number of alkyl halides is 2. The van der Waals surface area contributed by atoms with Crippen LogP contribution in [0.5, 0.6) is 0 Å². The van der Waals surface area contributed by atoms with Crippen molar-refractivity contribution in [3.63, 3.8) is 0 Å². The summed E-state index contributed by atoms with van der Waals surface area (Å²) in [6.07, 6.45) is 1.25. The topological polar surface area (TPSA) is 46.5 Å². The monoisotopic (exact) mass is 194 g/mol. The van der Waals surface area contributed by atoms with Crippen LogP contribution in [0.25, 0.3) is 0 Å². The van der Waals surface area contributed by atoms with Gasteiger partial charge in [0.1, 0.15) is 0 Å². The summed E-state index contributed by atoms with van der Waals surface area (Å²) in [5, 5.41) is 8.62. The van der Waals surface area contributed by atoms with Gasteiger partial charge in [-0.25, -0.2) is 0 Å². The van der Waals surface area contributed by atoms with Crippen LogP contribution in [0.2, 0.25) is 0 Å². The van der Waals surface area contributed by atoms with Gasteiger partial charge in [0.15, 0.2) is 0 Å². The average molecular weight is 194 g/mol. The van der Waals surface area contributed by atoms with Gasteiger partial charge in [0.2, 0.25) is 0 Å². The van der Waals surface area contributed by atoms with Gasteiger partial charge in [0.25, 0.3) is 0 Å². The number of aliphatic carboxylic acids is 1. The summed E-state index contributed by atoms with van der Waals surface area (Å²) >= 11 is 0. The van der Waals surface area contributed by atoms with E-state index >= 15 is 0 Å². The summed E-state index contributed by atoms with van der Waals surface area (Å²) in [7, 11) is 0. The molecular formula is C8H12F2O3. The Morgan fingerprint density at radius 2 is 1.85 bits per heavy atom. The summed E-state index contributed by atoms with van der Waals surface area (Å²) < 4.78 is 27.8. The second kappa shape index (κ2) is 4.50. The molecule has 1 fully saturated rings. The van der Waals surface area contributed by atoms with Crippen LogP contribution in [-0.2, 0) is 9.53 Å². The molecule has 0 aromatic heterocycles. The largest absolute Gasteiger partial charge is 0.481 e. The maximum Gasteiger partial charge on any atom is 0.345 e. The van der Waals surface area contributed by atoms with Gasteiger partial charge < -0.3 is 9.84 Å². The molecule has 0 radical (unpaired) electrons. The van der Waals surface area contributed by atoms with E-state index in [1.54, 1.807) is 0 Å². The van der Waals surface area contributed by atoms with Gasteiger partial charge in [-0.05, 0) is 25.7 Å². The van der Waals surface area contributed by atoms with Crippen molar-refractivity contribution in [2.45, 2.75) is 38.4 Å². The third kappa shape index (κ3) is 3.26. The molecule has 5 heteroatoms. The number of hydrogen-bond donors (Lipinski definition) is 1. The van der Waals surface area contributed by atoms with Crippen LogP contribution >= 0.6 is 0 Å². The summed E-state index contributed by atoms with van der Waals surface area (Å²) in [5.41, 5.74) is 0. The summed E-state index contributed by atoms with van der Waals surface area (Å²) in [6, 6.07) is 0. The minimum absolute atomic E-state index is 0.377. The first-order valence-corrected chi connectivity index (χ1v) is 4.26. The van der Waals surface area contributed by atoms with Gasteiger partial charge in [0, 0.05) is 0 Å². The minimum Gasteiger partial charge on any atom is -0.481 e. The van der Waals surface area contributed by atoms with Crippen LogP contribution in [0.4, 0.5) is 8.78 Å². The number of ether oxygens (including phenoxy) is 1. The highest BCUT2D eigenvalue weighted by Gasteiger charge is 2.27. The molecule has 1 aliphatic carbocycles. The van der Waals surface area contributed by atoms with E-state index in [0.717, 1.165) is 0 Å². The molecule has 0 aliphatic heterocycles. The molecule has 0 amide bonds. The number of hydrogen-bond acceptors (Lipinski definition) is 2. The molecule has 76 valence electrons. The second-order valence-corrected chi connectivity index (χ2v) is 3.21. The first kappa shape index (κ1) is 10.4. The molecule has 1 N–H and O–H groups in total. The molecule has 0 heterocycles.